The highest BCUT2D eigenvalue weighted by Gasteiger charge is 2.40. The van der Waals surface area contributed by atoms with Gasteiger partial charge in [0, 0.05) is 11.6 Å². The molecule has 3 aromatic rings. The Hall–Kier alpha value is -1.68. The first-order valence-corrected chi connectivity index (χ1v) is 9.90. The van der Waals surface area contributed by atoms with Gasteiger partial charge in [-0.3, -0.25) is 0 Å². The van der Waals surface area contributed by atoms with E-state index in [4.69, 9.17) is 4.43 Å². The first-order valence-electron chi connectivity index (χ1n) is 7.19. The summed E-state index contributed by atoms with van der Waals surface area (Å²) in [5, 5.41) is 3.74. The Morgan fingerprint density at radius 2 is 1.18 bits per heavy atom. The highest BCUT2D eigenvalue weighted by molar-refractivity contribution is 9.10. The maximum Gasteiger partial charge on any atom is 0.288 e. The van der Waals surface area contributed by atoms with Crippen LogP contribution in [-0.4, -0.2) is 15.4 Å². The number of rotatable bonds is 4. The Bertz CT molecular complexity index is 704. The molecule has 3 rings (SSSR count). The summed E-state index contributed by atoms with van der Waals surface area (Å²) in [5.74, 6) is 0. The lowest BCUT2D eigenvalue weighted by molar-refractivity contribution is 0.426. The minimum absolute atomic E-state index is 1.07. The van der Waals surface area contributed by atoms with Gasteiger partial charge in [-0.15, -0.1) is 0 Å². The summed E-state index contributed by atoms with van der Waals surface area (Å²) in [6, 6.07) is 29.6. The lowest BCUT2D eigenvalue weighted by atomic mass is 10.3. The fourth-order valence-electron chi connectivity index (χ4n) is 2.91. The molecule has 0 saturated carbocycles. The summed E-state index contributed by atoms with van der Waals surface area (Å²) in [7, 11) is -0.633. The summed E-state index contributed by atoms with van der Waals surface area (Å²) in [6.45, 7) is 0. The van der Waals surface area contributed by atoms with Crippen LogP contribution in [0.1, 0.15) is 0 Å². The number of benzene rings is 3. The van der Waals surface area contributed by atoms with E-state index in [1.54, 1.807) is 0 Å². The van der Waals surface area contributed by atoms with Crippen LogP contribution < -0.4 is 15.6 Å². The van der Waals surface area contributed by atoms with Crippen molar-refractivity contribution in [2.75, 3.05) is 7.11 Å². The Morgan fingerprint density at radius 3 is 1.64 bits per heavy atom. The third-order valence-electron chi connectivity index (χ3n) is 3.90. The minimum Gasteiger partial charge on any atom is -0.408 e. The Balaban J connectivity index is 2.31. The topological polar surface area (TPSA) is 9.23 Å². The van der Waals surface area contributed by atoms with Crippen molar-refractivity contribution >= 4 is 39.8 Å². The van der Waals surface area contributed by atoms with Crippen molar-refractivity contribution in [2.45, 2.75) is 0 Å². The molecule has 0 bridgehead atoms. The standard InChI is InChI=1S/C19H17BrOSi/c1-21-22(17-10-4-2-5-11-17,18-12-6-3-7-13-18)19-14-8-9-16(20)15-19/h2-15H,1H3. The molecule has 0 fully saturated rings. The summed E-state index contributed by atoms with van der Waals surface area (Å²) >= 11 is 3.60. The van der Waals surface area contributed by atoms with Gasteiger partial charge in [0.1, 0.15) is 0 Å². The number of hydrogen-bond donors (Lipinski definition) is 0. The van der Waals surface area contributed by atoms with Gasteiger partial charge < -0.3 is 4.43 Å². The normalized spacial score (nSPS) is 11.4. The van der Waals surface area contributed by atoms with Gasteiger partial charge in [-0.1, -0.05) is 88.7 Å². The predicted octanol–water partition coefficient (Wildman–Crippen LogP) is 3.06. The van der Waals surface area contributed by atoms with Crippen LogP contribution in [0, 0.1) is 0 Å². The molecule has 0 aliphatic carbocycles. The maximum absolute atomic E-state index is 6.27. The Labute approximate surface area is 140 Å². The van der Waals surface area contributed by atoms with E-state index >= 15 is 0 Å². The van der Waals surface area contributed by atoms with Gasteiger partial charge in [-0.2, -0.15) is 0 Å². The zero-order chi connectivity index (χ0) is 15.4. The van der Waals surface area contributed by atoms with Crippen molar-refractivity contribution in [3.8, 4) is 0 Å². The fraction of sp³-hybridized carbons (Fsp3) is 0.0526. The summed E-state index contributed by atoms with van der Waals surface area (Å²) in [5.41, 5.74) is 0. The Morgan fingerprint density at radius 1 is 0.682 bits per heavy atom. The third kappa shape index (κ3) is 2.67. The van der Waals surface area contributed by atoms with Gasteiger partial charge in [0.05, 0.1) is 0 Å². The minimum atomic E-state index is -2.46. The van der Waals surface area contributed by atoms with Crippen molar-refractivity contribution in [1.82, 2.24) is 0 Å². The average Bonchev–Trinajstić information content (AvgIpc) is 2.58. The van der Waals surface area contributed by atoms with Gasteiger partial charge in [-0.25, -0.2) is 0 Å². The quantitative estimate of drug-likeness (QED) is 0.507. The molecule has 3 aromatic carbocycles. The molecule has 0 spiro atoms. The molecule has 0 N–H and O–H groups in total. The monoisotopic (exact) mass is 368 g/mol. The Kier molecular flexibility index (Phi) is 4.57. The highest BCUT2D eigenvalue weighted by Crippen LogP contribution is 2.12. The van der Waals surface area contributed by atoms with Crippen LogP contribution in [-0.2, 0) is 4.43 Å². The van der Waals surface area contributed by atoms with Crippen LogP contribution in [0.3, 0.4) is 0 Å². The highest BCUT2D eigenvalue weighted by atomic mass is 79.9. The van der Waals surface area contributed by atoms with Gasteiger partial charge in [0.25, 0.3) is 8.32 Å². The fourth-order valence-corrected chi connectivity index (χ4v) is 7.24. The molecule has 110 valence electrons. The zero-order valence-electron chi connectivity index (χ0n) is 12.4. The number of hydrogen-bond acceptors (Lipinski definition) is 1. The van der Waals surface area contributed by atoms with Gasteiger partial charge in [0.2, 0.25) is 0 Å². The molecule has 0 amide bonds. The molecular formula is C19H17BrOSi. The van der Waals surface area contributed by atoms with E-state index < -0.39 is 8.32 Å². The molecular weight excluding hydrogens is 352 g/mol. The van der Waals surface area contributed by atoms with Crippen molar-refractivity contribution in [1.29, 1.82) is 0 Å². The first kappa shape index (κ1) is 15.2. The van der Waals surface area contributed by atoms with E-state index in [-0.39, 0.29) is 0 Å². The second-order valence-corrected chi connectivity index (χ2v) is 9.55. The van der Waals surface area contributed by atoms with Crippen LogP contribution in [0.2, 0.25) is 0 Å². The van der Waals surface area contributed by atoms with Crippen molar-refractivity contribution in [3.63, 3.8) is 0 Å². The van der Waals surface area contributed by atoms with E-state index in [0.717, 1.165) is 4.47 Å². The number of halogens is 1. The summed E-state index contributed by atoms with van der Waals surface area (Å²) in [6.07, 6.45) is 0. The lowest BCUT2D eigenvalue weighted by Crippen LogP contribution is -2.68. The van der Waals surface area contributed by atoms with E-state index in [1.807, 2.05) is 25.3 Å². The molecule has 0 saturated heterocycles. The molecule has 0 atom stereocenters. The molecule has 1 nitrogen and oxygen atoms in total. The molecule has 0 aliphatic rings. The third-order valence-corrected chi connectivity index (χ3v) is 8.42. The zero-order valence-corrected chi connectivity index (χ0v) is 15.0. The smallest absolute Gasteiger partial charge is 0.288 e. The molecule has 0 radical (unpaired) electrons. The maximum atomic E-state index is 6.27. The van der Waals surface area contributed by atoms with E-state index in [1.165, 1.54) is 15.6 Å². The first-order chi connectivity index (χ1) is 10.8. The van der Waals surface area contributed by atoms with E-state index in [9.17, 15) is 0 Å². The molecule has 22 heavy (non-hydrogen) atoms. The predicted molar refractivity (Wildman–Crippen MR) is 98.7 cm³/mol. The largest absolute Gasteiger partial charge is 0.408 e. The van der Waals surface area contributed by atoms with E-state index in [0.29, 0.717) is 0 Å². The van der Waals surface area contributed by atoms with Crippen LogP contribution in [0.25, 0.3) is 0 Å². The van der Waals surface area contributed by atoms with Crippen molar-refractivity contribution in [2.24, 2.45) is 0 Å². The van der Waals surface area contributed by atoms with Gasteiger partial charge in [0.15, 0.2) is 0 Å². The van der Waals surface area contributed by atoms with Crippen molar-refractivity contribution in [3.05, 3.63) is 89.4 Å². The summed E-state index contributed by atoms with van der Waals surface area (Å²) < 4.78 is 7.34. The molecule has 0 heterocycles. The van der Waals surface area contributed by atoms with E-state index in [2.05, 4.69) is 82.7 Å². The molecule has 0 unspecified atom stereocenters. The van der Waals surface area contributed by atoms with Gasteiger partial charge in [-0.05, 0) is 27.7 Å². The van der Waals surface area contributed by atoms with Crippen LogP contribution >= 0.6 is 15.9 Å². The van der Waals surface area contributed by atoms with Crippen LogP contribution in [0.15, 0.2) is 89.4 Å². The van der Waals surface area contributed by atoms with Gasteiger partial charge >= 0.3 is 0 Å². The molecule has 0 aliphatic heterocycles. The molecule has 0 aromatic heterocycles. The van der Waals surface area contributed by atoms with Crippen LogP contribution in [0.4, 0.5) is 0 Å². The van der Waals surface area contributed by atoms with Crippen LogP contribution in [0.5, 0.6) is 0 Å². The summed E-state index contributed by atoms with van der Waals surface area (Å²) in [4.78, 5) is 0. The second-order valence-electron chi connectivity index (χ2n) is 5.13. The lowest BCUT2D eigenvalue weighted by Gasteiger charge is -2.31. The van der Waals surface area contributed by atoms with Crippen molar-refractivity contribution < 1.29 is 4.43 Å². The second kappa shape index (κ2) is 6.61. The average molecular weight is 369 g/mol. The molecule has 3 heteroatoms. The SMILES string of the molecule is CO[Si](c1ccccc1)(c1ccccc1)c1cccc(Br)c1.